The second kappa shape index (κ2) is 9.73. The molecule has 29 heavy (non-hydrogen) atoms. The molecule has 0 aliphatic heterocycles. The van der Waals surface area contributed by atoms with Crippen molar-refractivity contribution in [3.05, 3.63) is 46.3 Å². The number of methoxy groups -OCH3 is 1. The van der Waals surface area contributed by atoms with Crippen molar-refractivity contribution >= 4 is 33.9 Å². The summed E-state index contributed by atoms with van der Waals surface area (Å²) in [4.78, 5) is 17.5. The van der Waals surface area contributed by atoms with Gasteiger partial charge in [0.15, 0.2) is 11.5 Å². The second-order valence-electron chi connectivity index (χ2n) is 6.17. The number of fused-ring (bicyclic) bond motifs is 1. The number of halogens is 4. The van der Waals surface area contributed by atoms with Crippen molar-refractivity contribution in [3.8, 4) is 11.3 Å². The molecule has 156 valence electrons. The topological polar surface area (TPSA) is 68.5 Å². The third kappa shape index (κ3) is 6.18. The number of nitrogens with one attached hydrogen (secondary N) is 1. The van der Waals surface area contributed by atoms with Crippen LogP contribution in [0.1, 0.15) is 17.5 Å². The average Bonchev–Trinajstić information content (AvgIpc) is 3.07. The normalized spacial score (nSPS) is 11.0. The number of alkyl halides is 3. The Kier molecular flexibility index (Phi) is 7.60. The highest BCUT2D eigenvalue weighted by atomic mass is 79.9. The Balaban J connectivity index is 0.000000687. The first-order chi connectivity index (χ1) is 13.7. The lowest BCUT2D eigenvalue weighted by atomic mass is 10.0. The zero-order valence-electron chi connectivity index (χ0n) is 16.0. The Morgan fingerprint density at radius 2 is 1.97 bits per heavy atom. The van der Waals surface area contributed by atoms with Gasteiger partial charge in [0, 0.05) is 18.3 Å². The molecule has 0 atom stereocenters. The number of aromatic nitrogens is 3. The molecule has 0 unspecified atom stereocenters. The van der Waals surface area contributed by atoms with E-state index >= 15 is 0 Å². The van der Waals surface area contributed by atoms with Crippen LogP contribution >= 0.6 is 15.9 Å². The standard InChI is InChI=1S/C17H16BrF3N4.C2H4O2/c1-10-3-4-12(7-11(10)2)13-8-23-16-15(22-6-5-17(19,20)21)24-14(18)9-25(13)16;1-4-2-3/h3-4,7-9H,5-6H2,1-2H3,(H,22,24);2H,1H3. The van der Waals surface area contributed by atoms with E-state index in [0.717, 1.165) is 16.8 Å². The maximum absolute atomic E-state index is 12.4. The Morgan fingerprint density at radius 3 is 2.55 bits per heavy atom. The summed E-state index contributed by atoms with van der Waals surface area (Å²) in [5.74, 6) is 0.314. The van der Waals surface area contributed by atoms with Crippen molar-refractivity contribution in [1.29, 1.82) is 0 Å². The van der Waals surface area contributed by atoms with E-state index in [-0.39, 0.29) is 6.54 Å². The summed E-state index contributed by atoms with van der Waals surface area (Å²) in [5, 5.41) is 2.73. The van der Waals surface area contributed by atoms with Crippen LogP contribution in [0, 0.1) is 13.8 Å². The van der Waals surface area contributed by atoms with Crippen molar-refractivity contribution in [3.63, 3.8) is 0 Å². The van der Waals surface area contributed by atoms with Crippen molar-refractivity contribution in [2.45, 2.75) is 26.4 Å². The monoisotopic (exact) mass is 472 g/mol. The number of carbonyl (C=O) groups is 1. The first kappa shape index (κ1) is 22.7. The maximum Gasteiger partial charge on any atom is 0.390 e. The molecule has 0 saturated heterocycles. The van der Waals surface area contributed by atoms with Gasteiger partial charge in [-0.1, -0.05) is 12.1 Å². The Morgan fingerprint density at radius 1 is 1.28 bits per heavy atom. The van der Waals surface area contributed by atoms with Crippen LogP contribution in [-0.2, 0) is 9.53 Å². The number of imidazole rings is 1. The predicted molar refractivity (Wildman–Crippen MR) is 108 cm³/mol. The van der Waals surface area contributed by atoms with Gasteiger partial charge >= 0.3 is 6.18 Å². The first-order valence-electron chi connectivity index (χ1n) is 8.54. The highest BCUT2D eigenvalue weighted by Gasteiger charge is 2.26. The number of carbonyl (C=O) groups excluding carboxylic acids is 1. The molecule has 3 rings (SSSR count). The van der Waals surface area contributed by atoms with Crippen molar-refractivity contribution in [2.24, 2.45) is 0 Å². The number of anilines is 1. The summed E-state index contributed by atoms with van der Waals surface area (Å²) < 4.78 is 43.3. The van der Waals surface area contributed by atoms with E-state index in [1.54, 1.807) is 12.4 Å². The van der Waals surface area contributed by atoms with Gasteiger partial charge in [0.25, 0.3) is 6.47 Å². The first-order valence-corrected chi connectivity index (χ1v) is 9.34. The molecule has 0 amide bonds. The number of rotatable bonds is 5. The van der Waals surface area contributed by atoms with E-state index in [1.165, 1.54) is 12.7 Å². The van der Waals surface area contributed by atoms with Crippen molar-refractivity contribution < 1.29 is 22.7 Å². The summed E-state index contributed by atoms with van der Waals surface area (Å²) in [5.41, 5.74) is 4.66. The number of hydrogen-bond donors (Lipinski definition) is 1. The van der Waals surface area contributed by atoms with Crippen molar-refractivity contribution in [1.82, 2.24) is 14.4 Å². The van der Waals surface area contributed by atoms with Crippen LogP contribution in [0.2, 0.25) is 0 Å². The fraction of sp³-hybridized carbons (Fsp3) is 0.316. The molecule has 10 heteroatoms. The smallest absolute Gasteiger partial charge is 0.390 e. The fourth-order valence-corrected chi connectivity index (χ4v) is 2.90. The molecule has 6 nitrogen and oxygen atoms in total. The van der Waals surface area contributed by atoms with E-state index in [4.69, 9.17) is 4.79 Å². The molecule has 2 heterocycles. The lowest BCUT2D eigenvalue weighted by molar-refractivity contribution is -0.131. The second-order valence-corrected chi connectivity index (χ2v) is 6.98. The molecule has 0 aliphatic carbocycles. The molecule has 0 bridgehead atoms. The number of benzene rings is 1. The number of ether oxygens (including phenoxy) is 1. The van der Waals surface area contributed by atoms with Crippen LogP contribution in [0.4, 0.5) is 19.0 Å². The summed E-state index contributed by atoms with van der Waals surface area (Å²) in [6, 6.07) is 6.09. The van der Waals surface area contributed by atoms with Gasteiger partial charge in [0.2, 0.25) is 0 Å². The third-order valence-electron chi connectivity index (χ3n) is 4.06. The lowest BCUT2D eigenvalue weighted by Crippen LogP contribution is -2.15. The molecule has 3 aromatic rings. The van der Waals surface area contributed by atoms with Crippen LogP contribution in [0.15, 0.2) is 35.2 Å². The van der Waals surface area contributed by atoms with Gasteiger partial charge in [0.05, 0.1) is 25.4 Å². The van der Waals surface area contributed by atoms with Gasteiger partial charge in [-0.2, -0.15) is 13.2 Å². The molecule has 0 saturated carbocycles. The minimum absolute atomic E-state index is 0.256. The fourth-order valence-electron chi connectivity index (χ4n) is 2.51. The summed E-state index contributed by atoms with van der Waals surface area (Å²) in [7, 11) is 1.31. The average molecular weight is 473 g/mol. The highest BCUT2D eigenvalue weighted by molar-refractivity contribution is 9.10. The Bertz CT molecular complexity index is 989. The lowest BCUT2D eigenvalue weighted by Gasteiger charge is -2.11. The quantitative estimate of drug-likeness (QED) is 0.533. The molecule has 2 aromatic heterocycles. The predicted octanol–water partition coefficient (Wildman–Crippen LogP) is 4.93. The maximum atomic E-state index is 12.4. The SMILES string of the molecule is COC=O.Cc1ccc(-c2cnc3c(NCCC(F)(F)F)nc(Br)cn23)cc1C. The Labute approximate surface area is 174 Å². The zero-order valence-corrected chi connectivity index (χ0v) is 17.6. The van der Waals surface area contributed by atoms with E-state index in [2.05, 4.69) is 42.0 Å². The van der Waals surface area contributed by atoms with Gasteiger partial charge in [-0.05, 0) is 47.0 Å². The minimum atomic E-state index is -4.21. The van der Waals surface area contributed by atoms with Crippen LogP contribution in [0.25, 0.3) is 16.9 Å². The van der Waals surface area contributed by atoms with E-state index < -0.39 is 12.6 Å². The largest absolute Gasteiger partial charge is 0.471 e. The van der Waals surface area contributed by atoms with Crippen LogP contribution in [0.3, 0.4) is 0 Å². The van der Waals surface area contributed by atoms with Crippen LogP contribution in [0.5, 0.6) is 0 Å². The molecule has 0 spiro atoms. The van der Waals surface area contributed by atoms with E-state index in [9.17, 15) is 13.2 Å². The van der Waals surface area contributed by atoms with Gasteiger partial charge in [0.1, 0.15) is 4.60 Å². The van der Waals surface area contributed by atoms with Gasteiger partial charge < -0.3 is 10.1 Å². The summed E-state index contributed by atoms with van der Waals surface area (Å²) in [6.45, 7) is 4.19. The summed E-state index contributed by atoms with van der Waals surface area (Å²) in [6.07, 6.45) is -1.70. The van der Waals surface area contributed by atoms with Crippen LogP contribution in [-0.4, -0.2) is 40.7 Å². The zero-order chi connectivity index (χ0) is 21.6. The van der Waals surface area contributed by atoms with Gasteiger partial charge in [-0.25, -0.2) is 9.97 Å². The van der Waals surface area contributed by atoms with E-state index in [0.29, 0.717) is 22.5 Å². The van der Waals surface area contributed by atoms with E-state index in [1.807, 2.05) is 30.4 Å². The third-order valence-corrected chi connectivity index (χ3v) is 4.44. The van der Waals surface area contributed by atoms with Gasteiger partial charge in [-0.15, -0.1) is 0 Å². The Hall–Kier alpha value is -2.62. The molecule has 0 aliphatic rings. The number of hydrogen-bond acceptors (Lipinski definition) is 5. The molecule has 0 radical (unpaired) electrons. The molecule has 0 fully saturated rings. The summed E-state index contributed by atoms with van der Waals surface area (Å²) >= 11 is 3.31. The van der Waals surface area contributed by atoms with Gasteiger partial charge in [-0.3, -0.25) is 9.20 Å². The molecule has 1 N–H and O–H groups in total. The molecular weight excluding hydrogens is 453 g/mol. The number of nitrogens with zero attached hydrogens (tertiary/aromatic N) is 3. The highest BCUT2D eigenvalue weighted by Crippen LogP contribution is 2.27. The van der Waals surface area contributed by atoms with Crippen LogP contribution < -0.4 is 5.32 Å². The minimum Gasteiger partial charge on any atom is -0.471 e. The van der Waals surface area contributed by atoms with Crippen molar-refractivity contribution in [2.75, 3.05) is 19.0 Å². The molecular formula is C19H20BrF3N4O2. The molecule has 1 aromatic carbocycles. The number of aryl methyl sites for hydroxylation is 2.